The Morgan fingerprint density at radius 3 is 2.15 bits per heavy atom. The molecule has 0 aromatic carbocycles. The van der Waals surface area contributed by atoms with Crippen LogP contribution in [0.5, 0.6) is 0 Å². The zero-order valence-electron chi connectivity index (χ0n) is 13.7. The lowest BCUT2D eigenvalue weighted by atomic mass is 9.81. The fourth-order valence-electron chi connectivity index (χ4n) is 3.38. The highest BCUT2D eigenvalue weighted by atomic mass is 16.5. The van der Waals surface area contributed by atoms with Crippen molar-refractivity contribution in [3.8, 4) is 0 Å². The maximum Gasteiger partial charge on any atom is 0.0963 e. The molecule has 0 N–H and O–H groups in total. The molecular weight excluding hydrogens is 246 g/mol. The van der Waals surface area contributed by atoms with Crippen molar-refractivity contribution in [2.75, 3.05) is 19.7 Å². The third-order valence-corrected chi connectivity index (χ3v) is 4.56. The zero-order chi connectivity index (χ0) is 14.8. The summed E-state index contributed by atoms with van der Waals surface area (Å²) in [5.74, 6) is 0. The van der Waals surface area contributed by atoms with Gasteiger partial charge in [-0.05, 0) is 58.6 Å². The second-order valence-electron chi connectivity index (χ2n) is 6.88. The number of ether oxygens (including phenoxy) is 1. The number of hydrogen-bond donors (Lipinski definition) is 0. The Morgan fingerprint density at radius 1 is 1.05 bits per heavy atom. The zero-order valence-corrected chi connectivity index (χ0v) is 13.7. The molecule has 1 fully saturated rings. The highest BCUT2D eigenvalue weighted by molar-refractivity contribution is 5.43. The average Bonchev–Trinajstić information content (AvgIpc) is 2.70. The number of nitrogens with zero attached hydrogens (tertiary/aromatic N) is 1. The average molecular weight is 275 g/mol. The Kier molecular flexibility index (Phi) is 4.55. The second-order valence-corrected chi connectivity index (χ2v) is 6.88. The lowest BCUT2D eigenvalue weighted by Gasteiger charge is -2.45. The van der Waals surface area contributed by atoms with E-state index in [1.54, 1.807) is 0 Å². The van der Waals surface area contributed by atoms with E-state index in [2.05, 4.69) is 63.8 Å². The van der Waals surface area contributed by atoms with Crippen LogP contribution in [0, 0.1) is 0 Å². The molecule has 0 bridgehead atoms. The van der Waals surface area contributed by atoms with Crippen LogP contribution < -0.4 is 0 Å². The Balaban J connectivity index is 2.21. The molecule has 2 aliphatic heterocycles. The summed E-state index contributed by atoms with van der Waals surface area (Å²) in [6.07, 6.45) is 10.9. The minimum absolute atomic E-state index is 0.0386. The summed E-state index contributed by atoms with van der Waals surface area (Å²) >= 11 is 0. The third kappa shape index (κ3) is 2.91. The van der Waals surface area contributed by atoms with Crippen LogP contribution in [0.25, 0.3) is 0 Å². The first-order valence-corrected chi connectivity index (χ1v) is 7.81. The van der Waals surface area contributed by atoms with E-state index in [1.165, 1.54) is 11.1 Å². The van der Waals surface area contributed by atoms with Gasteiger partial charge in [-0.3, -0.25) is 4.90 Å². The summed E-state index contributed by atoms with van der Waals surface area (Å²) in [5.41, 5.74) is 2.99. The predicted octanol–water partition coefficient (Wildman–Crippen LogP) is 4.10. The van der Waals surface area contributed by atoms with Crippen molar-refractivity contribution in [1.82, 2.24) is 4.90 Å². The molecule has 1 saturated heterocycles. The van der Waals surface area contributed by atoms with Gasteiger partial charge in [0.2, 0.25) is 0 Å². The molecule has 0 atom stereocenters. The van der Waals surface area contributed by atoms with Gasteiger partial charge in [-0.1, -0.05) is 24.3 Å². The van der Waals surface area contributed by atoms with Crippen molar-refractivity contribution in [2.24, 2.45) is 0 Å². The molecule has 112 valence electrons. The molecule has 1 spiro atoms. The van der Waals surface area contributed by atoms with Crippen LogP contribution in [0.1, 0.15) is 47.5 Å². The molecule has 2 heteroatoms. The lowest BCUT2D eigenvalue weighted by Crippen LogP contribution is -2.52. The van der Waals surface area contributed by atoms with Crippen LogP contribution in [-0.4, -0.2) is 35.7 Å². The van der Waals surface area contributed by atoms with E-state index in [0.29, 0.717) is 0 Å². The molecule has 2 rings (SSSR count). The van der Waals surface area contributed by atoms with Crippen molar-refractivity contribution in [1.29, 1.82) is 0 Å². The second kappa shape index (κ2) is 5.87. The molecule has 0 amide bonds. The molecule has 0 unspecified atom stereocenters. The van der Waals surface area contributed by atoms with E-state index in [0.717, 1.165) is 32.5 Å². The summed E-state index contributed by atoms with van der Waals surface area (Å²) in [5, 5.41) is 0. The van der Waals surface area contributed by atoms with E-state index in [4.69, 9.17) is 4.74 Å². The maximum absolute atomic E-state index is 6.27. The molecular formula is C18H29NO. The number of piperidine rings is 1. The van der Waals surface area contributed by atoms with Gasteiger partial charge in [0.1, 0.15) is 0 Å². The predicted molar refractivity (Wildman–Crippen MR) is 85.9 cm³/mol. The summed E-state index contributed by atoms with van der Waals surface area (Å²) in [6, 6.07) is 0. The Morgan fingerprint density at radius 2 is 1.65 bits per heavy atom. The largest absolute Gasteiger partial charge is 0.365 e. The van der Waals surface area contributed by atoms with Gasteiger partial charge in [0.15, 0.2) is 0 Å². The van der Waals surface area contributed by atoms with E-state index in [9.17, 15) is 0 Å². The Hall–Kier alpha value is -0.860. The molecule has 20 heavy (non-hydrogen) atoms. The summed E-state index contributed by atoms with van der Waals surface area (Å²) in [4.78, 5) is 2.57. The van der Waals surface area contributed by atoms with Gasteiger partial charge in [0.25, 0.3) is 0 Å². The van der Waals surface area contributed by atoms with Crippen molar-refractivity contribution < 1.29 is 4.74 Å². The van der Waals surface area contributed by atoms with Gasteiger partial charge >= 0.3 is 0 Å². The van der Waals surface area contributed by atoms with Gasteiger partial charge in [0.05, 0.1) is 12.2 Å². The van der Waals surface area contributed by atoms with Gasteiger partial charge in [-0.15, -0.1) is 0 Å². The van der Waals surface area contributed by atoms with Gasteiger partial charge in [0, 0.05) is 18.6 Å². The Bertz CT molecular complexity index is 429. The van der Waals surface area contributed by atoms with E-state index in [-0.39, 0.29) is 11.1 Å². The first-order chi connectivity index (χ1) is 9.43. The molecule has 2 heterocycles. The molecule has 2 nitrogen and oxygen atoms in total. The Labute approximate surface area is 124 Å². The molecule has 0 saturated carbocycles. The summed E-state index contributed by atoms with van der Waals surface area (Å²) in [6.45, 7) is 14.1. The van der Waals surface area contributed by atoms with Crippen molar-refractivity contribution in [2.45, 2.75) is 58.6 Å². The molecule has 0 aromatic heterocycles. The number of likely N-dealkylation sites (tertiary alicyclic amines) is 1. The van der Waals surface area contributed by atoms with Gasteiger partial charge in [-0.25, -0.2) is 0 Å². The van der Waals surface area contributed by atoms with E-state index < -0.39 is 0 Å². The normalized spacial score (nSPS) is 24.6. The SMILES string of the molecule is C/C=C\C1=C(/C=C\C)C2(CCN(C(C)(C)C)CC2)OC1. The van der Waals surface area contributed by atoms with Crippen LogP contribution in [-0.2, 0) is 4.74 Å². The van der Waals surface area contributed by atoms with Crippen molar-refractivity contribution in [3.05, 3.63) is 35.5 Å². The quantitative estimate of drug-likeness (QED) is 0.752. The van der Waals surface area contributed by atoms with Gasteiger partial charge in [-0.2, -0.15) is 0 Å². The van der Waals surface area contributed by atoms with E-state index >= 15 is 0 Å². The topological polar surface area (TPSA) is 12.5 Å². The fourth-order valence-corrected chi connectivity index (χ4v) is 3.38. The standard InChI is InChI=1S/C18H29NO/c1-6-8-15-14-20-18(16(15)9-7-2)10-12-19(13-11-18)17(3,4)5/h6-9H,10-14H2,1-5H3/b8-6-,9-7-. The van der Waals surface area contributed by atoms with Crippen LogP contribution in [0.15, 0.2) is 35.5 Å². The minimum Gasteiger partial charge on any atom is -0.365 e. The monoisotopic (exact) mass is 275 g/mol. The molecule has 0 aromatic rings. The number of hydrogen-bond acceptors (Lipinski definition) is 2. The third-order valence-electron chi connectivity index (χ3n) is 4.56. The highest BCUT2D eigenvalue weighted by Gasteiger charge is 2.44. The van der Waals surface area contributed by atoms with Gasteiger partial charge < -0.3 is 4.74 Å². The summed E-state index contributed by atoms with van der Waals surface area (Å²) in [7, 11) is 0. The smallest absolute Gasteiger partial charge is 0.0963 e. The molecule has 0 aliphatic carbocycles. The maximum atomic E-state index is 6.27. The van der Waals surface area contributed by atoms with Crippen LogP contribution in [0.3, 0.4) is 0 Å². The van der Waals surface area contributed by atoms with Crippen molar-refractivity contribution in [3.63, 3.8) is 0 Å². The van der Waals surface area contributed by atoms with E-state index in [1.807, 2.05) is 0 Å². The van der Waals surface area contributed by atoms with Crippen LogP contribution >= 0.6 is 0 Å². The summed E-state index contributed by atoms with van der Waals surface area (Å²) < 4.78 is 6.27. The van der Waals surface area contributed by atoms with Crippen LogP contribution in [0.2, 0.25) is 0 Å². The molecule has 2 aliphatic rings. The highest BCUT2D eigenvalue weighted by Crippen LogP contribution is 2.42. The molecule has 0 radical (unpaired) electrons. The number of rotatable bonds is 2. The fraction of sp³-hybridized carbons (Fsp3) is 0.667. The van der Waals surface area contributed by atoms with Crippen molar-refractivity contribution >= 4 is 0 Å². The number of allylic oxidation sites excluding steroid dienone is 2. The lowest BCUT2D eigenvalue weighted by molar-refractivity contribution is -0.0457. The first kappa shape index (κ1) is 15.5. The first-order valence-electron chi connectivity index (χ1n) is 7.81. The van der Waals surface area contributed by atoms with Crippen LogP contribution in [0.4, 0.5) is 0 Å². The minimum atomic E-state index is -0.0386.